The third-order valence-electron chi connectivity index (χ3n) is 7.14. The van der Waals surface area contributed by atoms with Gasteiger partial charge >= 0.3 is 17.9 Å². The van der Waals surface area contributed by atoms with E-state index in [2.05, 4.69) is 0 Å². The molecule has 0 radical (unpaired) electrons. The number of imide groups is 1. The highest BCUT2D eigenvalue weighted by molar-refractivity contribution is 6.12. The number of esters is 3. The van der Waals surface area contributed by atoms with Gasteiger partial charge in [-0.05, 0) is 54.9 Å². The van der Waals surface area contributed by atoms with Crippen molar-refractivity contribution in [2.45, 2.75) is 66.5 Å². The van der Waals surface area contributed by atoms with Gasteiger partial charge in [0.15, 0.2) is 11.6 Å². The van der Waals surface area contributed by atoms with Crippen molar-refractivity contribution >= 4 is 29.7 Å². The van der Waals surface area contributed by atoms with Crippen molar-refractivity contribution in [3.8, 4) is 0 Å². The summed E-state index contributed by atoms with van der Waals surface area (Å²) in [6, 6.07) is 0. The van der Waals surface area contributed by atoms with Crippen LogP contribution in [-0.4, -0.2) is 99.0 Å². The molecule has 0 saturated carbocycles. The average Bonchev–Trinajstić information content (AvgIpc) is 3.24. The van der Waals surface area contributed by atoms with Gasteiger partial charge in [-0.2, -0.15) is 0 Å². The molecule has 0 aromatic heterocycles. The van der Waals surface area contributed by atoms with E-state index in [9.17, 15) is 24.0 Å². The first-order valence-electron chi connectivity index (χ1n) is 13.5. The van der Waals surface area contributed by atoms with E-state index in [1.165, 1.54) is 19.1 Å². The van der Waals surface area contributed by atoms with Gasteiger partial charge in [0.25, 0.3) is 11.8 Å². The summed E-state index contributed by atoms with van der Waals surface area (Å²) in [5.74, 6) is -4.66. The summed E-state index contributed by atoms with van der Waals surface area (Å²) in [6.07, 6.45) is 2.52. The van der Waals surface area contributed by atoms with Gasteiger partial charge in [-0.15, -0.1) is 0 Å². The van der Waals surface area contributed by atoms with Crippen LogP contribution in [0.25, 0.3) is 0 Å². The number of nitrogens with zero attached hydrogens (tertiary/aromatic N) is 1. The zero-order chi connectivity index (χ0) is 30.7. The molecule has 0 bridgehead atoms. The highest BCUT2D eigenvalue weighted by atomic mass is 16.7. The number of hydrogen-bond acceptors (Lipinski definition) is 12. The smallest absolute Gasteiger partial charge is 0.318 e. The first-order valence-corrected chi connectivity index (χ1v) is 13.5. The summed E-state index contributed by atoms with van der Waals surface area (Å²) < 4.78 is 38.9. The highest BCUT2D eigenvalue weighted by Gasteiger charge is 2.48. The molecule has 3 heterocycles. The second-order valence-corrected chi connectivity index (χ2v) is 12.4. The largest absolute Gasteiger partial charge is 0.465 e. The van der Waals surface area contributed by atoms with E-state index >= 15 is 0 Å². The van der Waals surface area contributed by atoms with E-state index in [1.54, 1.807) is 41.5 Å². The lowest BCUT2D eigenvalue weighted by molar-refractivity contribution is -0.282. The Morgan fingerprint density at radius 3 is 1.54 bits per heavy atom. The number of rotatable bonds is 11. The minimum atomic E-state index is -1.58. The van der Waals surface area contributed by atoms with E-state index in [1.807, 2.05) is 0 Å². The third kappa shape index (κ3) is 8.12. The monoisotopic (exact) mass is 583 g/mol. The van der Waals surface area contributed by atoms with Gasteiger partial charge in [0.2, 0.25) is 0 Å². The molecule has 0 unspecified atom stereocenters. The lowest BCUT2D eigenvalue weighted by atomic mass is 9.89. The molecule has 0 aromatic rings. The quantitative estimate of drug-likeness (QED) is 0.150. The fraction of sp³-hybridized carbons (Fsp3) is 0.750. The third-order valence-corrected chi connectivity index (χ3v) is 7.14. The summed E-state index contributed by atoms with van der Waals surface area (Å²) in [5, 5.41) is 0. The van der Waals surface area contributed by atoms with E-state index in [4.69, 9.17) is 33.2 Å². The van der Waals surface area contributed by atoms with Crippen LogP contribution in [0.1, 0.15) is 54.9 Å². The van der Waals surface area contributed by atoms with Crippen LogP contribution in [0.4, 0.5) is 0 Å². The van der Waals surface area contributed by atoms with Crippen molar-refractivity contribution in [1.29, 1.82) is 0 Å². The van der Waals surface area contributed by atoms with E-state index < -0.39 is 70.8 Å². The Balaban J connectivity index is 1.63. The van der Waals surface area contributed by atoms with Crippen LogP contribution in [0.3, 0.4) is 0 Å². The Kier molecular flexibility index (Phi) is 9.68. The Bertz CT molecular complexity index is 990. The van der Waals surface area contributed by atoms with Crippen LogP contribution >= 0.6 is 0 Å². The maximum Gasteiger partial charge on any atom is 0.318 e. The molecule has 2 saturated heterocycles. The molecule has 0 N–H and O–H groups in total. The van der Waals surface area contributed by atoms with Crippen molar-refractivity contribution in [2.75, 3.05) is 52.8 Å². The molecule has 13 heteroatoms. The second-order valence-electron chi connectivity index (χ2n) is 12.4. The molecule has 13 nitrogen and oxygen atoms in total. The van der Waals surface area contributed by atoms with Crippen molar-refractivity contribution in [3.05, 3.63) is 12.2 Å². The molecule has 0 spiro atoms. The van der Waals surface area contributed by atoms with Crippen molar-refractivity contribution < 1.29 is 57.1 Å². The summed E-state index contributed by atoms with van der Waals surface area (Å²) in [5.41, 5.74) is -3.81. The van der Waals surface area contributed by atoms with Gasteiger partial charge in [0, 0.05) is 18.7 Å². The fourth-order valence-corrected chi connectivity index (χ4v) is 3.91. The topological polar surface area (TPSA) is 153 Å². The Hall–Kier alpha value is -2.87. The van der Waals surface area contributed by atoms with Crippen LogP contribution in [0.2, 0.25) is 0 Å². The predicted molar refractivity (Wildman–Crippen MR) is 140 cm³/mol. The van der Waals surface area contributed by atoms with E-state index in [0.717, 1.165) is 4.90 Å². The summed E-state index contributed by atoms with van der Waals surface area (Å²) in [7, 11) is 0. The maximum atomic E-state index is 13.2. The molecule has 3 rings (SSSR count). The summed E-state index contributed by atoms with van der Waals surface area (Å²) in [4.78, 5) is 63.8. The number of carbonyl (C=O) groups excluding carboxylic acids is 5. The minimum Gasteiger partial charge on any atom is -0.465 e. The zero-order valence-electron chi connectivity index (χ0n) is 24.9. The SMILES string of the molecule is CC1(C)OCC(C)(C(=O)OCC(C)(COC(=O)C2(C)COC(C)(C)OC2)C(=O)OCCCN2C(=O)C=CC2=O)CO1. The van der Waals surface area contributed by atoms with E-state index in [0.29, 0.717) is 0 Å². The van der Waals surface area contributed by atoms with Crippen molar-refractivity contribution in [2.24, 2.45) is 16.2 Å². The van der Waals surface area contributed by atoms with Crippen molar-refractivity contribution in [3.63, 3.8) is 0 Å². The lowest BCUT2D eigenvalue weighted by Gasteiger charge is -2.40. The Morgan fingerprint density at radius 2 is 1.15 bits per heavy atom. The Labute approximate surface area is 239 Å². The molecule has 0 aromatic carbocycles. The van der Waals surface area contributed by atoms with Gasteiger partial charge < -0.3 is 33.2 Å². The van der Waals surface area contributed by atoms with Crippen LogP contribution in [0.15, 0.2) is 12.2 Å². The standard InChI is InChI=1S/C28H41NO12/c1-24(2)38-15-27(6,16-39-24)22(33)36-13-26(5,14-37-23(34)28(7)17-40-25(3,4)41-18-28)21(32)35-12-8-11-29-19(30)9-10-20(29)31/h9-10H,8,11-18H2,1-7H3. The molecule has 3 aliphatic heterocycles. The maximum absolute atomic E-state index is 13.2. The van der Waals surface area contributed by atoms with E-state index in [-0.39, 0.29) is 46.0 Å². The summed E-state index contributed by atoms with van der Waals surface area (Å²) >= 11 is 0. The summed E-state index contributed by atoms with van der Waals surface area (Å²) in [6.45, 7) is 10.8. The normalized spacial score (nSPS) is 22.8. The molecule has 0 aliphatic carbocycles. The predicted octanol–water partition coefficient (Wildman–Crippen LogP) is 1.52. The average molecular weight is 584 g/mol. The van der Waals surface area contributed by atoms with Gasteiger partial charge in [0.1, 0.15) is 29.5 Å². The Morgan fingerprint density at radius 1 is 0.756 bits per heavy atom. The first-order chi connectivity index (χ1) is 18.9. The fourth-order valence-electron chi connectivity index (χ4n) is 3.91. The minimum absolute atomic E-state index is 0.0481. The van der Waals surface area contributed by atoms with Crippen molar-refractivity contribution in [1.82, 2.24) is 4.90 Å². The molecular weight excluding hydrogens is 542 g/mol. The molecule has 3 aliphatic rings. The molecule has 0 atom stereocenters. The van der Waals surface area contributed by atoms with Gasteiger partial charge in [-0.25, -0.2) is 0 Å². The number of hydrogen-bond donors (Lipinski definition) is 0. The molecular formula is C28H41NO12. The van der Waals surface area contributed by atoms with Gasteiger partial charge in [-0.1, -0.05) is 0 Å². The lowest BCUT2D eigenvalue weighted by Crippen LogP contribution is -2.51. The number of amides is 2. The molecule has 41 heavy (non-hydrogen) atoms. The van der Waals surface area contributed by atoms with Gasteiger partial charge in [0.05, 0.1) is 33.0 Å². The zero-order valence-corrected chi connectivity index (χ0v) is 24.9. The second kappa shape index (κ2) is 12.2. The molecule has 2 fully saturated rings. The molecule has 230 valence electrons. The van der Waals surface area contributed by atoms with Crippen LogP contribution in [-0.2, 0) is 57.1 Å². The number of carbonyl (C=O) groups is 5. The van der Waals surface area contributed by atoms with Crippen LogP contribution in [0, 0.1) is 16.2 Å². The first kappa shape index (κ1) is 32.6. The number of ether oxygens (including phenoxy) is 7. The molecule has 2 amide bonds. The van der Waals surface area contributed by atoms with Crippen LogP contribution < -0.4 is 0 Å². The van der Waals surface area contributed by atoms with Gasteiger partial charge in [-0.3, -0.25) is 28.9 Å². The highest BCUT2D eigenvalue weighted by Crippen LogP contribution is 2.33. The van der Waals surface area contributed by atoms with Crippen LogP contribution in [0.5, 0.6) is 0 Å².